The number of halogens is 2. The van der Waals surface area contributed by atoms with Crippen LogP contribution in [0.4, 0.5) is 5.95 Å². The van der Waals surface area contributed by atoms with Crippen molar-refractivity contribution >= 4 is 45.7 Å². The molecule has 2 aromatic heterocycles. The van der Waals surface area contributed by atoms with E-state index in [0.29, 0.717) is 5.65 Å². The number of rotatable bonds is 6. The van der Waals surface area contributed by atoms with E-state index in [2.05, 4.69) is 19.5 Å². The molecule has 0 aliphatic rings. The summed E-state index contributed by atoms with van der Waals surface area (Å²) in [6, 6.07) is 0. The van der Waals surface area contributed by atoms with E-state index in [1.54, 1.807) is 0 Å². The van der Waals surface area contributed by atoms with Crippen LogP contribution >= 0.6 is 28.6 Å². The minimum absolute atomic E-state index is 0.0159. The third-order valence-corrected chi connectivity index (χ3v) is 3.26. The Bertz CT molecular complexity index is 710. The van der Waals surface area contributed by atoms with Crippen molar-refractivity contribution in [2.45, 2.75) is 6.73 Å². The molecule has 0 saturated carbocycles. The van der Waals surface area contributed by atoms with E-state index in [0.717, 1.165) is 0 Å². The maximum absolute atomic E-state index is 11.5. The quantitative estimate of drug-likeness (QED) is 0.598. The lowest BCUT2D eigenvalue weighted by atomic mass is 10.5. The van der Waals surface area contributed by atoms with Gasteiger partial charge in [-0.2, -0.15) is 4.98 Å². The zero-order chi connectivity index (χ0) is 14.8. The van der Waals surface area contributed by atoms with Gasteiger partial charge in [-0.25, -0.2) is 4.98 Å². The molecule has 0 atom stereocenters. The van der Waals surface area contributed by atoms with Crippen LogP contribution in [-0.2, 0) is 20.6 Å². The van der Waals surface area contributed by atoms with Gasteiger partial charge in [-0.1, -0.05) is 0 Å². The molecule has 0 aromatic carbocycles. The Morgan fingerprint density at radius 2 is 2.20 bits per heavy atom. The fourth-order valence-electron chi connectivity index (χ4n) is 1.43. The van der Waals surface area contributed by atoms with Crippen molar-refractivity contribution in [1.29, 1.82) is 0 Å². The zero-order valence-corrected chi connectivity index (χ0v) is 12.4. The van der Waals surface area contributed by atoms with Crippen molar-refractivity contribution in [1.82, 2.24) is 19.5 Å². The molecule has 0 amide bonds. The van der Waals surface area contributed by atoms with Gasteiger partial charge in [0.15, 0.2) is 11.2 Å². The summed E-state index contributed by atoms with van der Waals surface area (Å²) in [7, 11) is 0. The van der Waals surface area contributed by atoms with Gasteiger partial charge in [-0.05, 0) is 22.5 Å². The molecule has 9 nitrogen and oxygen atoms in total. The van der Waals surface area contributed by atoms with Crippen molar-refractivity contribution in [3.8, 4) is 0 Å². The first-order valence-electron chi connectivity index (χ1n) is 5.29. The van der Waals surface area contributed by atoms with E-state index >= 15 is 0 Å². The lowest BCUT2D eigenvalue weighted by Gasteiger charge is -2.07. The summed E-state index contributed by atoms with van der Waals surface area (Å²) in [5.74, 6) is -0.0159. The highest BCUT2D eigenvalue weighted by atomic mass is 35.9. The van der Waals surface area contributed by atoms with Crippen LogP contribution in [0.1, 0.15) is 0 Å². The molecule has 3 N–H and O–H groups in total. The van der Waals surface area contributed by atoms with Gasteiger partial charge in [0.2, 0.25) is 5.95 Å². The number of aromatic amines is 1. The van der Waals surface area contributed by atoms with E-state index < -0.39 is 11.6 Å². The van der Waals surface area contributed by atoms with E-state index in [1.165, 1.54) is 10.9 Å². The number of nitrogens with two attached hydrogens (primary N) is 1. The van der Waals surface area contributed by atoms with E-state index in [4.69, 9.17) is 33.0 Å². The first-order chi connectivity index (χ1) is 9.37. The smallest absolute Gasteiger partial charge is 0.369 e. The normalized spacial score (nSPS) is 12.1. The van der Waals surface area contributed by atoms with Crippen molar-refractivity contribution < 1.29 is 13.8 Å². The number of anilines is 1. The van der Waals surface area contributed by atoms with Crippen LogP contribution in [0.25, 0.3) is 11.2 Å². The average molecular weight is 342 g/mol. The van der Waals surface area contributed by atoms with Crippen LogP contribution < -0.4 is 11.3 Å². The number of imidazole rings is 1. The molecule has 0 unspecified atom stereocenters. The van der Waals surface area contributed by atoms with Gasteiger partial charge in [0.1, 0.15) is 6.73 Å². The van der Waals surface area contributed by atoms with Gasteiger partial charge in [0.05, 0.1) is 19.5 Å². The molecule has 0 bridgehead atoms. The van der Waals surface area contributed by atoms with Crippen LogP contribution in [0.3, 0.4) is 0 Å². The largest absolute Gasteiger partial charge is 0.380 e. The number of nitrogens with one attached hydrogen (secondary N) is 1. The predicted octanol–water partition coefficient (Wildman–Crippen LogP) is 1.28. The maximum Gasteiger partial charge on any atom is 0.380 e. The summed E-state index contributed by atoms with van der Waals surface area (Å²) in [4.78, 5) is 21.7. The van der Waals surface area contributed by atoms with Crippen LogP contribution in [-0.4, -0.2) is 32.7 Å². The molecule has 2 aromatic rings. The van der Waals surface area contributed by atoms with E-state index in [1.807, 2.05) is 0 Å². The average Bonchev–Trinajstić information content (AvgIpc) is 2.70. The highest BCUT2D eigenvalue weighted by Gasteiger charge is 2.13. The van der Waals surface area contributed by atoms with Gasteiger partial charge in [-0.3, -0.25) is 18.9 Å². The van der Waals surface area contributed by atoms with Crippen LogP contribution in [0.15, 0.2) is 11.1 Å². The minimum atomic E-state index is -3.55. The topological polar surface area (TPSA) is 125 Å². The molecule has 0 aliphatic carbocycles. The molecule has 2 rings (SSSR count). The molecule has 110 valence electrons. The van der Waals surface area contributed by atoms with E-state index in [-0.39, 0.29) is 31.4 Å². The molecule has 20 heavy (non-hydrogen) atoms. The third kappa shape index (κ3) is 3.94. The van der Waals surface area contributed by atoms with Crippen LogP contribution in [0, 0.1) is 0 Å². The van der Waals surface area contributed by atoms with Crippen molar-refractivity contribution in [3.05, 3.63) is 16.7 Å². The number of H-pyrrole nitrogens is 1. The number of nitrogens with zero attached hydrogens (tertiary/aromatic N) is 3. The summed E-state index contributed by atoms with van der Waals surface area (Å²) >= 11 is 10.4. The van der Waals surface area contributed by atoms with Crippen molar-refractivity contribution in [2.75, 3.05) is 18.9 Å². The Balaban J connectivity index is 1.97. The lowest BCUT2D eigenvalue weighted by molar-refractivity contribution is 0.0577. The fourth-order valence-corrected chi connectivity index (χ4v) is 2.13. The zero-order valence-electron chi connectivity index (χ0n) is 9.95. The highest BCUT2D eigenvalue weighted by molar-refractivity contribution is 8.05. The Labute approximate surface area is 122 Å². The minimum Gasteiger partial charge on any atom is -0.369 e. The molecule has 12 heteroatoms. The summed E-state index contributed by atoms with van der Waals surface area (Å²) in [5.41, 5.74) is 5.47. The second-order valence-electron chi connectivity index (χ2n) is 3.62. The number of hydrogen-bond donors (Lipinski definition) is 2. The molecule has 0 saturated heterocycles. The SMILES string of the molecule is Nc1nc2c(ncn2COCCOP(=O)(Cl)Cl)c(=O)[nH]1. The number of aromatic nitrogens is 4. The number of fused-ring (bicyclic) bond motifs is 1. The van der Waals surface area contributed by atoms with Gasteiger partial charge >= 0.3 is 6.07 Å². The van der Waals surface area contributed by atoms with Crippen molar-refractivity contribution in [3.63, 3.8) is 0 Å². The van der Waals surface area contributed by atoms with Gasteiger partial charge < -0.3 is 15.0 Å². The predicted molar refractivity (Wildman–Crippen MR) is 73.8 cm³/mol. The molecule has 2 heterocycles. The Kier molecular flexibility index (Phi) is 4.66. The molecule has 0 radical (unpaired) electrons. The lowest BCUT2D eigenvalue weighted by Crippen LogP contribution is -2.13. The first-order valence-corrected chi connectivity index (χ1v) is 8.72. The Morgan fingerprint density at radius 1 is 1.45 bits per heavy atom. The molecular weight excluding hydrogens is 332 g/mol. The number of ether oxygens (including phenoxy) is 1. The molecule has 0 spiro atoms. The fraction of sp³-hybridized carbons (Fsp3) is 0.375. The van der Waals surface area contributed by atoms with Crippen LogP contribution in [0.5, 0.6) is 0 Å². The van der Waals surface area contributed by atoms with Crippen molar-refractivity contribution in [2.24, 2.45) is 0 Å². The maximum atomic E-state index is 11.5. The van der Waals surface area contributed by atoms with Gasteiger partial charge in [0, 0.05) is 0 Å². The summed E-state index contributed by atoms with van der Waals surface area (Å²) in [5, 5.41) is 0. The Hall–Kier alpha value is -1.12. The van der Waals surface area contributed by atoms with Crippen LogP contribution in [0.2, 0.25) is 0 Å². The van der Waals surface area contributed by atoms with E-state index in [9.17, 15) is 9.36 Å². The Morgan fingerprint density at radius 3 is 2.90 bits per heavy atom. The highest BCUT2D eigenvalue weighted by Crippen LogP contribution is 2.57. The molecule has 0 fully saturated rings. The second-order valence-corrected chi connectivity index (χ2v) is 7.90. The standard InChI is InChI=1S/C8H10Cl2N5O4P/c9-20(10,17)19-2-1-18-4-15-3-12-5-6(15)13-8(11)14-7(5)16/h3H,1-2,4H2,(H3,11,13,14,16). The summed E-state index contributed by atoms with van der Waals surface area (Å²) in [6.07, 6.45) is -2.16. The first kappa shape index (κ1) is 15.3. The molecular formula is C8H10Cl2N5O4P. The monoisotopic (exact) mass is 341 g/mol. The number of hydrogen-bond acceptors (Lipinski definition) is 7. The third-order valence-electron chi connectivity index (χ3n) is 2.19. The summed E-state index contributed by atoms with van der Waals surface area (Å²) in [6.45, 7) is 0.124. The second kappa shape index (κ2) is 6.11. The van der Waals surface area contributed by atoms with Gasteiger partial charge in [0.25, 0.3) is 5.56 Å². The number of nitrogen functional groups attached to an aromatic ring is 1. The summed E-state index contributed by atoms with van der Waals surface area (Å²) < 4.78 is 22.2. The molecule has 0 aliphatic heterocycles. The van der Waals surface area contributed by atoms with Gasteiger partial charge in [-0.15, -0.1) is 0 Å².